The van der Waals surface area contributed by atoms with Gasteiger partial charge >= 0.3 is 0 Å². The Hall–Kier alpha value is -2.05. The summed E-state index contributed by atoms with van der Waals surface area (Å²) in [6.07, 6.45) is 0. The highest BCUT2D eigenvalue weighted by atomic mass is 32.2. The average molecular weight is 264 g/mol. The van der Waals surface area contributed by atoms with Gasteiger partial charge in [0.2, 0.25) is 0 Å². The summed E-state index contributed by atoms with van der Waals surface area (Å²) in [5.74, 6) is 0. The first-order chi connectivity index (χ1) is 8.48. The van der Waals surface area contributed by atoms with Crippen LogP contribution in [-0.4, -0.2) is 13.0 Å². The lowest BCUT2D eigenvalue weighted by atomic mass is 10.2. The molecule has 2 aromatic carbocycles. The number of nitrogen functional groups attached to an aromatic ring is 1. The second kappa shape index (κ2) is 4.67. The number of anilines is 3. The number of hydrogen-bond donors (Lipinski definition) is 3. The maximum atomic E-state index is 11.3. The van der Waals surface area contributed by atoms with Crippen molar-refractivity contribution in [1.82, 2.24) is 0 Å². The largest absolute Gasteiger partial charge is 0.397 e. The molecule has 5 nitrogen and oxygen atoms in total. The molecular weight excluding hydrogens is 252 g/mol. The Morgan fingerprint density at radius 2 is 1.67 bits per heavy atom. The lowest BCUT2D eigenvalue weighted by Gasteiger charge is -2.12. The Kier molecular flexibility index (Phi) is 3.22. The van der Waals surface area contributed by atoms with Crippen LogP contribution in [0.2, 0.25) is 0 Å². The molecule has 0 aromatic heterocycles. The molecule has 6 heteroatoms. The van der Waals surface area contributed by atoms with E-state index >= 15 is 0 Å². The Balaban J connectivity index is 2.51. The van der Waals surface area contributed by atoms with E-state index in [9.17, 15) is 8.42 Å². The van der Waals surface area contributed by atoms with Crippen LogP contribution in [0.1, 0.15) is 0 Å². The van der Waals surface area contributed by atoms with Crippen LogP contribution in [0.15, 0.2) is 53.4 Å². The summed E-state index contributed by atoms with van der Waals surface area (Å²) in [6.45, 7) is 0. The highest BCUT2D eigenvalue weighted by Gasteiger charge is 2.17. The summed E-state index contributed by atoms with van der Waals surface area (Å²) in [5.41, 5.74) is 6.83. The van der Waals surface area contributed by atoms with E-state index in [2.05, 4.69) is 5.32 Å². The summed E-state index contributed by atoms with van der Waals surface area (Å²) >= 11 is 0. The molecule has 0 aliphatic rings. The van der Waals surface area contributed by atoms with Gasteiger partial charge in [0.15, 0.2) is 0 Å². The minimum atomic E-state index is -4.32. The zero-order valence-electron chi connectivity index (χ0n) is 9.37. The first-order valence-electron chi connectivity index (χ1n) is 5.16. The fraction of sp³-hybridized carbons (Fsp3) is 0. The number of benzene rings is 2. The third kappa shape index (κ3) is 2.61. The second-order valence-corrected chi connectivity index (χ2v) is 5.08. The van der Waals surface area contributed by atoms with Crippen molar-refractivity contribution in [2.24, 2.45) is 0 Å². The number of nitrogens with two attached hydrogens (primary N) is 1. The molecule has 0 radical (unpaired) electrons. The van der Waals surface area contributed by atoms with Gasteiger partial charge in [-0.3, -0.25) is 4.55 Å². The predicted molar refractivity (Wildman–Crippen MR) is 70.4 cm³/mol. The first-order valence-corrected chi connectivity index (χ1v) is 6.60. The van der Waals surface area contributed by atoms with Crippen LogP contribution in [-0.2, 0) is 10.1 Å². The van der Waals surface area contributed by atoms with Crippen LogP contribution in [0.25, 0.3) is 0 Å². The zero-order valence-corrected chi connectivity index (χ0v) is 10.2. The van der Waals surface area contributed by atoms with Gasteiger partial charge in [0.1, 0.15) is 4.90 Å². The first kappa shape index (κ1) is 12.4. The molecule has 0 bridgehead atoms. The molecule has 18 heavy (non-hydrogen) atoms. The molecule has 4 N–H and O–H groups in total. The predicted octanol–water partition coefficient (Wildman–Crippen LogP) is 2.26. The maximum absolute atomic E-state index is 11.3. The van der Waals surface area contributed by atoms with Crippen LogP contribution in [0.4, 0.5) is 17.1 Å². The van der Waals surface area contributed by atoms with Gasteiger partial charge in [-0.15, -0.1) is 0 Å². The van der Waals surface area contributed by atoms with Gasteiger partial charge < -0.3 is 11.1 Å². The molecular formula is C12H12N2O3S. The minimum Gasteiger partial charge on any atom is -0.397 e. The van der Waals surface area contributed by atoms with E-state index in [1.54, 1.807) is 30.3 Å². The third-order valence-corrected chi connectivity index (χ3v) is 3.28. The molecule has 94 valence electrons. The molecule has 2 aromatic rings. The highest BCUT2D eigenvalue weighted by molar-refractivity contribution is 7.86. The quantitative estimate of drug-likeness (QED) is 0.584. The monoisotopic (exact) mass is 264 g/mol. The number of hydrogen-bond acceptors (Lipinski definition) is 4. The lowest BCUT2D eigenvalue weighted by Crippen LogP contribution is -2.06. The van der Waals surface area contributed by atoms with Gasteiger partial charge in [0.25, 0.3) is 10.1 Å². The summed E-state index contributed by atoms with van der Waals surface area (Å²) in [7, 11) is -4.32. The van der Waals surface area contributed by atoms with E-state index in [-0.39, 0.29) is 16.3 Å². The van der Waals surface area contributed by atoms with E-state index in [1.807, 2.05) is 6.07 Å². The van der Waals surface area contributed by atoms with Crippen LogP contribution in [0.3, 0.4) is 0 Å². The van der Waals surface area contributed by atoms with Crippen LogP contribution < -0.4 is 11.1 Å². The fourth-order valence-corrected chi connectivity index (χ4v) is 2.24. The van der Waals surface area contributed by atoms with Crippen molar-refractivity contribution in [3.63, 3.8) is 0 Å². The highest BCUT2D eigenvalue weighted by Crippen LogP contribution is 2.30. The van der Waals surface area contributed by atoms with Gasteiger partial charge in [-0.05, 0) is 24.3 Å². The normalized spacial score (nSPS) is 11.2. The van der Waals surface area contributed by atoms with Crippen molar-refractivity contribution in [2.45, 2.75) is 4.90 Å². The summed E-state index contributed by atoms with van der Waals surface area (Å²) in [6, 6.07) is 13.3. The van der Waals surface area contributed by atoms with E-state index in [0.29, 0.717) is 5.69 Å². The van der Waals surface area contributed by atoms with Crippen LogP contribution in [0.5, 0.6) is 0 Å². The molecule has 0 saturated carbocycles. The fourth-order valence-electron chi connectivity index (χ4n) is 1.56. The van der Waals surface area contributed by atoms with Crippen molar-refractivity contribution < 1.29 is 13.0 Å². The molecule has 0 saturated heterocycles. The van der Waals surface area contributed by atoms with Crippen molar-refractivity contribution in [3.05, 3.63) is 48.5 Å². The third-order valence-electron chi connectivity index (χ3n) is 2.38. The smallest absolute Gasteiger partial charge is 0.296 e. The van der Waals surface area contributed by atoms with Crippen molar-refractivity contribution >= 4 is 27.2 Å². The summed E-state index contributed by atoms with van der Waals surface area (Å²) < 4.78 is 31.7. The Labute approximate surface area is 105 Å². The molecule has 0 spiro atoms. The molecule has 0 aliphatic heterocycles. The lowest BCUT2D eigenvalue weighted by molar-refractivity contribution is 0.483. The molecule has 0 heterocycles. The standard InChI is InChI=1S/C12H12N2O3S/c13-10-7-4-8-11(18(15,16)17)12(10)14-9-5-2-1-3-6-9/h1-8,14H,13H2,(H,15,16,17). The van der Waals surface area contributed by atoms with E-state index in [0.717, 1.165) is 0 Å². The van der Waals surface area contributed by atoms with Crippen LogP contribution >= 0.6 is 0 Å². The number of para-hydroxylation sites is 2. The SMILES string of the molecule is Nc1cccc(S(=O)(=O)O)c1Nc1ccccc1. The van der Waals surface area contributed by atoms with E-state index < -0.39 is 10.1 Å². The van der Waals surface area contributed by atoms with Gasteiger partial charge in [-0.1, -0.05) is 24.3 Å². The summed E-state index contributed by atoms with van der Waals surface area (Å²) in [4.78, 5) is -0.244. The number of nitrogens with one attached hydrogen (secondary N) is 1. The van der Waals surface area contributed by atoms with Gasteiger partial charge in [-0.25, -0.2) is 0 Å². The second-order valence-electron chi connectivity index (χ2n) is 3.69. The van der Waals surface area contributed by atoms with Crippen molar-refractivity contribution in [2.75, 3.05) is 11.1 Å². The van der Waals surface area contributed by atoms with Crippen molar-refractivity contribution in [1.29, 1.82) is 0 Å². The van der Waals surface area contributed by atoms with Gasteiger partial charge in [0, 0.05) is 5.69 Å². The van der Waals surface area contributed by atoms with Gasteiger partial charge in [0.05, 0.1) is 11.4 Å². The molecule has 0 fully saturated rings. The van der Waals surface area contributed by atoms with E-state index in [1.165, 1.54) is 12.1 Å². The Bertz CT molecular complexity index is 654. The van der Waals surface area contributed by atoms with Gasteiger partial charge in [-0.2, -0.15) is 8.42 Å². The topological polar surface area (TPSA) is 92.4 Å². The van der Waals surface area contributed by atoms with Crippen molar-refractivity contribution in [3.8, 4) is 0 Å². The number of rotatable bonds is 3. The van der Waals surface area contributed by atoms with E-state index in [4.69, 9.17) is 10.3 Å². The summed E-state index contributed by atoms with van der Waals surface area (Å²) in [5, 5.41) is 2.88. The molecule has 0 amide bonds. The zero-order chi connectivity index (χ0) is 13.2. The molecule has 0 unspecified atom stereocenters. The minimum absolute atomic E-state index is 0.172. The molecule has 0 aliphatic carbocycles. The molecule has 2 rings (SSSR count). The Morgan fingerprint density at radius 3 is 2.28 bits per heavy atom. The Morgan fingerprint density at radius 1 is 1.00 bits per heavy atom. The molecule has 0 atom stereocenters. The van der Waals surface area contributed by atoms with Crippen LogP contribution in [0, 0.1) is 0 Å². The maximum Gasteiger partial charge on any atom is 0.296 e. The average Bonchev–Trinajstić information content (AvgIpc) is 2.32.